The van der Waals surface area contributed by atoms with Crippen LogP contribution in [0.5, 0.6) is 0 Å². The van der Waals surface area contributed by atoms with Crippen LogP contribution in [-0.2, 0) is 13.6 Å². The summed E-state index contributed by atoms with van der Waals surface area (Å²) in [4.78, 5) is 30.2. The van der Waals surface area contributed by atoms with Gasteiger partial charge >= 0.3 is 5.69 Å². The Morgan fingerprint density at radius 1 is 1.35 bits per heavy atom. The molecule has 2 heterocycles. The highest BCUT2D eigenvalue weighted by Gasteiger charge is 2.22. The van der Waals surface area contributed by atoms with Crippen LogP contribution in [0.15, 0.2) is 33.9 Å². The first-order chi connectivity index (χ1) is 12.4. The zero-order chi connectivity index (χ0) is 18.8. The fourth-order valence-corrected chi connectivity index (χ4v) is 3.25. The van der Waals surface area contributed by atoms with Gasteiger partial charge < -0.3 is 10.6 Å². The molecule has 0 saturated carbocycles. The van der Waals surface area contributed by atoms with Gasteiger partial charge in [0.05, 0.1) is 6.57 Å². The summed E-state index contributed by atoms with van der Waals surface area (Å²) in [6, 6.07) is 5.21. The Kier molecular flexibility index (Phi) is 4.91. The van der Waals surface area contributed by atoms with Gasteiger partial charge in [-0.1, -0.05) is 6.07 Å². The van der Waals surface area contributed by atoms with Gasteiger partial charge in [-0.25, -0.2) is 14.0 Å². The molecule has 8 heteroatoms. The second-order valence-electron chi connectivity index (χ2n) is 6.50. The van der Waals surface area contributed by atoms with Crippen LogP contribution < -0.4 is 21.9 Å². The van der Waals surface area contributed by atoms with E-state index in [1.54, 1.807) is 0 Å². The molecule has 2 N–H and O–H groups in total. The fraction of sp³-hybridized carbons (Fsp3) is 0.389. The van der Waals surface area contributed by atoms with Gasteiger partial charge in [0.25, 0.3) is 5.56 Å². The van der Waals surface area contributed by atoms with Crippen molar-refractivity contribution in [3.8, 4) is 0 Å². The van der Waals surface area contributed by atoms with Crippen LogP contribution in [0.25, 0.3) is 4.85 Å². The summed E-state index contributed by atoms with van der Waals surface area (Å²) in [5.41, 5.74) is 5.78. The van der Waals surface area contributed by atoms with Gasteiger partial charge in [-0.3, -0.25) is 13.9 Å². The number of benzene rings is 1. The number of aromatic nitrogens is 2. The number of hydrogen-bond donors (Lipinski definition) is 1. The van der Waals surface area contributed by atoms with Crippen molar-refractivity contribution in [2.45, 2.75) is 25.4 Å². The topological polar surface area (TPSA) is 77.6 Å². The van der Waals surface area contributed by atoms with Crippen LogP contribution in [0.4, 0.5) is 15.9 Å². The molecule has 1 atom stereocenters. The van der Waals surface area contributed by atoms with Crippen LogP contribution >= 0.6 is 0 Å². The number of rotatable bonds is 3. The molecule has 1 aliphatic rings. The minimum absolute atomic E-state index is 0.00347. The molecule has 26 heavy (non-hydrogen) atoms. The molecule has 3 rings (SSSR count). The van der Waals surface area contributed by atoms with Gasteiger partial charge in [0.1, 0.15) is 11.6 Å². The van der Waals surface area contributed by atoms with Gasteiger partial charge in [-0.15, -0.1) is 0 Å². The Morgan fingerprint density at radius 2 is 2.12 bits per heavy atom. The Bertz CT molecular complexity index is 989. The predicted octanol–water partition coefficient (Wildman–Crippen LogP) is 1.21. The molecule has 136 valence electrons. The van der Waals surface area contributed by atoms with Crippen molar-refractivity contribution in [2.75, 3.05) is 18.0 Å². The van der Waals surface area contributed by atoms with Gasteiger partial charge in [0.15, 0.2) is 5.69 Å². The number of hydrogen-bond acceptors (Lipinski definition) is 4. The molecule has 7 nitrogen and oxygen atoms in total. The third-order valence-corrected chi connectivity index (χ3v) is 4.65. The summed E-state index contributed by atoms with van der Waals surface area (Å²) < 4.78 is 16.1. The number of anilines is 1. The Labute approximate surface area is 149 Å². The van der Waals surface area contributed by atoms with Crippen molar-refractivity contribution in [3.63, 3.8) is 0 Å². The predicted molar refractivity (Wildman–Crippen MR) is 97.1 cm³/mol. The van der Waals surface area contributed by atoms with Gasteiger partial charge in [-0.2, -0.15) is 0 Å². The van der Waals surface area contributed by atoms with E-state index in [4.69, 9.17) is 12.3 Å². The van der Waals surface area contributed by atoms with Crippen molar-refractivity contribution in [3.05, 3.63) is 67.9 Å². The van der Waals surface area contributed by atoms with Crippen LogP contribution in [0, 0.1) is 12.4 Å². The van der Waals surface area contributed by atoms with E-state index in [0.717, 1.165) is 17.4 Å². The van der Waals surface area contributed by atoms with E-state index in [1.165, 1.54) is 35.9 Å². The lowest BCUT2D eigenvalue weighted by Gasteiger charge is -2.34. The lowest BCUT2D eigenvalue weighted by molar-refractivity contribution is 0.491. The third kappa shape index (κ3) is 3.39. The SMILES string of the molecule is [C-]#[N+]c1ccc(F)cc1Cn1c(N2CCC[C@@H](N)C2)cc(=O)n(C)c1=O. The highest BCUT2D eigenvalue weighted by molar-refractivity contribution is 5.53. The molecule has 0 amide bonds. The molecule has 1 fully saturated rings. The molecule has 1 aromatic heterocycles. The molecule has 1 aromatic carbocycles. The van der Waals surface area contributed by atoms with Crippen molar-refractivity contribution in [2.24, 2.45) is 12.8 Å². The molecule has 0 radical (unpaired) electrons. The molecule has 0 bridgehead atoms. The van der Waals surface area contributed by atoms with Crippen LogP contribution in [0.3, 0.4) is 0 Å². The van der Waals surface area contributed by atoms with Crippen LogP contribution in [0.2, 0.25) is 0 Å². The maximum absolute atomic E-state index is 13.7. The molecule has 1 aliphatic heterocycles. The largest absolute Gasteiger partial charge is 0.356 e. The van der Waals surface area contributed by atoms with E-state index in [0.29, 0.717) is 24.5 Å². The highest BCUT2D eigenvalue weighted by atomic mass is 19.1. The maximum atomic E-state index is 13.7. The number of piperidine rings is 1. The maximum Gasteiger partial charge on any atom is 0.332 e. The zero-order valence-corrected chi connectivity index (χ0v) is 14.5. The van der Waals surface area contributed by atoms with Gasteiger partial charge in [0.2, 0.25) is 0 Å². The second-order valence-corrected chi connectivity index (χ2v) is 6.50. The average Bonchev–Trinajstić information content (AvgIpc) is 2.62. The molecule has 0 spiro atoms. The fourth-order valence-electron chi connectivity index (χ4n) is 3.25. The lowest BCUT2D eigenvalue weighted by atomic mass is 10.1. The number of halogens is 1. The van der Waals surface area contributed by atoms with Crippen molar-refractivity contribution in [1.82, 2.24) is 9.13 Å². The van der Waals surface area contributed by atoms with Crippen molar-refractivity contribution in [1.29, 1.82) is 0 Å². The lowest BCUT2D eigenvalue weighted by Crippen LogP contribution is -2.47. The summed E-state index contributed by atoms with van der Waals surface area (Å²) in [5.74, 6) is -0.0275. The van der Waals surface area contributed by atoms with E-state index in [1.807, 2.05) is 4.90 Å². The third-order valence-electron chi connectivity index (χ3n) is 4.65. The van der Waals surface area contributed by atoms with Crippen molar-refractivity contribution >= 4 is 11.5 Å². The molecule has 2 aromatic rings. The summed E-state index contributed by atoms with van der Waals surface area (Å²) in [6.45, 7) is 8.48. The molecule has 0 aliphatic carbocycles. The van der Waals surface area contributed by atoms with E-state index < -0.39 is 17.1 Å². The van der Waals surface area contributed by atoms with Gasteiger partial charge in [0, 0.05) is 38.8 Å². The van der Waals surface area contributed by atoms with Crippen LogP contribution in [0.1, 0.15) is 18.4 Å². The summed E-state index contributed by atoms with van der Waals surface area (Å²) >= 11 is 0. The first kappa shape index (κ1) is 17.9. The van der Waals surface area contributed by atoms with Crippen molar-refractivity contribution < 1.29 is 4.39 Å². The minimum Gasteiger partial charge on any atom is -0.356 e. The van der Waals surface area contributed by atoms with Crippen LogP contribution in [-0.4, -0.2) is 28.3 Å². The molecule has 0 unspecified atom stereocenters. The summed E-state index contributed by atoms with van der Waals surface area (Å²) in [6.07, 6.45) is 1.75. The Hall–Kier alpha value is -2.92. The first-order valence-electron chi connectivity index (χ1n) is 8.38. The Morgan fingerprint density at radius 3 is 2.81 bits per heavy atom. The van der Waals surface area contributed by atoms with Gasteiger partial charge in [-0.05, 0) is 30.5 Å². The monoisotopic (exact) mass is 357 g/mol. The van der Waals surface area contributed by atoms with E-state index in [-0.39, 0.29) is 18.3 Å². The smallest absolute Gasteiger partial charge is 0.332 e. The highest BCUT2D eigenvalue weighted by Crippen LogP contribution is 2.23. The summed E-state index contributed by atoms with van der Waals surface area (Å²) in [7, 11) is 1.40. The standard InChI is InChI=1S/C18H20FN5O2/c1-21-15-6-5-13(19)8-12(15)10-24-16(9-17(25)22(2)18(24)26)23-7-3-4-14(20)11-23/h5-6,8-9,14H,3-4,7,10-11,20H2,2H3/t14-/m1/s1. The second kappa shape index (κ2) is 7.14. The molecular formula is C18H20FN5O2. The quantitative estimate of drug-likeness (QED) is 0.838. The normalized spacial score (nSPS) is 17.2. The van der Waals surface area contributed by atoms with E-state index in [9.17, 15) is 14.0 Å². The minimum atomic E-state index is -0.508. The first-order valence-corrected chi connectivity index (χ1v) is 8.38. The summed E-state index contributed by atoms with van der Waals surface area (Å²) in [5, 5.41) is 0. The number of nitrogens with zero attached hydrogens (tertiary/aromatic N) is 4. The van der Waals surface area contributed by atoms with E-state index >= 15 is 0 Å². The van der Waals surface area contributed by atoms with E-state index in [2.05, 4.69) is 4.85 Å². The molecule has 1 saturated heterocycles. The molecular weight excluding hydrogens is 337 g/mol. The average molecular weight is 357 g/mol. The Balaban J connectivity index is 2.13. The number of nitrogens with two attached hydrogens (primary N) is 1. The zero-order valence-electron chi connectivity index (χ0n) is 14.5.